The van der Waals surface area contributed by atoms with Gasteiger partial charge in [0.1, 0.15) is 5.82 Å². The Labute approximate surface area is 104 Å². The summed E-state index contributed by atoms with van der Waals surface area (Å²) in [6.07, 6.45) is -0.670. The zero-order valence-electron chi connectivity index (χ0n) is 9.61. The molecule has 94 valence electrons. The van der Waals surface area contributed by atoms with Gasteiger partial charge in [0.15, 0.2) is 0 Å². The molecule has 1 aromatic carbocycles. The predicted octanol–water partition coefficient (Wildman–Crippen LogP) is 2.71. The molecule has 0 aromatic heterocycles. The lowest BCUT2D eigenvalue weighted by Crippen LogP contribution is -2.16. The minimum atomic E-state index is -0.873. The average Bonchev–Trinajstić information content (AvgIpc) is 2.31. The number of halogens is 2. The Hall–Kier alpha value is -1.13. The van der Waals surface area contributed by atoms with E-state index in [4.69, 9.17) is 11.6 Å². The lowest BCUT2D eigenvalue weighted by molar-refractivity contribution is -0.145. The van der Waals surface area contributed by atoms with Gasteiger partial charge in [-0.15, -0.1) is 0 Å². The normalized spacial score (nSPS) is 14.2. The van der Waals surface area contributed by atoms with Crippen molar-refractivity contribution in [1.29, 1.82) is 0 Å². The summed E-state index contributed by atoms with van der Waals surface area (Å²) in [6, 6.07) is 3.98. The number of aliphatic hydroxyl groups is 1. The molecule has 0 saturated carbocycles. The van der Waals surface area contributed by atoms with Crippen molar-refractivity contribution in [3.05, 3.63) is 34.6 Å². The fourth-order valence-corrected chi connectivity index (χ4v) is 1.68. The second-order valence-electron chi connectivity index (χ2n) is 3.85. The molecule has 3 nitrogen and oxygen atoms in total. The van der Waals surface area contributed by atoms with E-state index in [9.17, 15) is 14.3 Å². The van der Waals surface area contributed by atoms with Gasteiger partial charge in [0.25, 0.3) is 0 Å². The van der Waals surface area contributed by atoms with E-state index < -0.39 is 23.8 Å². The second-order valence-corrected chi connectivity index (χ2v) is 4.26. The highest BCUT2D eigenvalue weighted by molar-refractivity contribution is 6.30. The van der Waals surface area contributed by atoms with Crippen molar-refractivity contribution in [2.75, 3.05) is 7.11 Å². The molecule has 1 N–H and O–H groups in total. The fourth-order valence-electron chi connectivity index (χ4n) is 1.49. The van der Waals surface area contributed by atoms with Crippen LogP contribution in [0, 0.1) is 11.7 Å². The lowest BCUT2D eigenvalue weighted by atomic mass is 9.98. The zero-order valence-corrected chi connectivity index (χ0v) is 10.4. The van der Waals surface area contributed by atoms with Crippen molar-refractivity contribution in [2.45, 2.75) is 19.4 Å². The van der Waals surface area contributed by atoms with Gasteiger partial charge >= 0.3 is 5.97 Å². The molecule has 0 aliphatic heterocycles. The first kappa shape index (κ1) is 13.9. The zero-order chi connectivity index (χ0) is 13.0. The lowest BCUT2D eigenvalue weighted by Gasteiger charge is -2.15. The summed E-state index contributed by atoms with van der Waals surface area (Å²) in [7, 11) is 1.29. The predicted molar refractivity (Wildman–Crippen MR) is 62.2 cm³/mol. The first-order valence-electron chi connectivity index (χ1n) is 5.16. The van der Waals surface area contributed by atoms with E-state index >= 15 is 0 Å². The highest BCUT2D eigenvalue weighted by Gasteiger charge is 2.19. The molecule has 0 fully saturated rings. The third-order valence-corrected chi connectivity index (χ3v) is 2.80. The molecule has 0 heterocycles. The van der Waals surface area contributed by atoms with E-state index in [-0.39, 0.29) is 11.4 Å². The fraction of sp³-hybridized carbons (Fsp3) is 0.417. The summed E-state index contributed by atoms with van der Waals surface area (Å²) in [5, 5.41) is 9.81. The average molecular weight is 261 g/mol. The molecule has 0 spiro atoms. The second kappa shape index (κ2) is 5.98. The molecule has 1 rings (SSSR count). The molecule has 1 aromatic rings. The number of ether oxygens (including phenoxy) is 1. The van der Waals surface area contributed by atoms with Crippen LogP contribution in [0.15, 0.2) is 18.2 Å². The standard InChI is InChI=1S/C12H14ClFO3/c1-7(12(16)17-2)5-11(15)8-3-4-10(14)9(13)6-8/h3-4,6-7,11,15H,5H2,1-2H3. The quantitative estimate of drug-likeness (QED) is 0.847. The smallest absolute Gasteiger partial charge is 0.308 e. The van der Waals surface area contributed by atoms with E-state index in [1.807, 2.05) is 0 Å². The third kappa shape index (κ3) is 3.68. The van der Waals surface area contributed by atoms with Crippen LogP contribution < -0.4 is 0 Å². The van der Waals surface area contributed by atoms with Crippen molar-refractivity contribution in [3.63, 3.8) is 0 Å². The molecule has 0 amide bonds. The molecule has 2 atom stereocenters. The highest BCUT2D eigenvalue weighted by atomic mass is 35.5. The Morgan fingerprint density at radius 2 is 2.24 bits per heavy atom. The van der Waals surface area contributed by atoms with E-state index in [2.05, 4.69) is 4.74 Å². The summed E-state index contributed by atoms with van der Waals surface area (Å²) in [5.41, 5.74) is 0.479. The van der Waals surface area contributed by atoms with Gasteiger partial charge in [0.05, 0.1) is 24.2 Å². The minimum absolute atomic E-state index is 0.0488. The van der Waals surface area contributed by atoms with Gasteiger partial charge in [-0.2, -0.15) is 0 Å². The summed E-state index contributed by atoms with van der Waals surface area (Å²) < 4.78 is 17.5. The van der Waals surface area contributed by atoms with Crippen LogP contribution in [-0.4, -0.2) is 18.2 Å². The molecular formula is C12H14ClFO3. The van der Waals surface area contributed by atoms with Crippen molar-refractivity contribution in [2.24, 2.45) is 5.92 Å². The molecule has 0 aliphatic rings. The Morgan fingerprint density at radius 3 is 2.76 bits per heavy atom. The van der Waals surface area contributed by atoms with Crippen molar-refractivity contribution in [3.8, 4) is 0 Å². The molecule has 0 radical (unpaired) electrons. The Balaban J connectivity index is 2.72. The number of rotatable bonds is 4. The number of esters is 1. The maximum Gasteiger partial charge on any atom is 0.308 e. The van der Waals surface area contributed by atoms with Crippen LogP contribution in [0.25, 0.3) is 0 Å². The van der Waals surface area contributed by atoms with Gasteiger partial charge in [-0.3, -0.25) is 4.79 Å². The summed E-state index contributed by atoms with van der Waals surface area (Å²) in [5.74, 6) is -1.36. The summed E-state index contributed by atoms with van der Waals surface area (Å²) in [4.78, 5) is 11.2. The van der Waals surface area contributed by atoms with Crippen LogP contribution in [0.1, 0.15) is 25.0 Å². The number of carbonyl (C=O) groups is 1. The highest BCUT2D eigenvalue weighted by Crippen LogP contribution is 2.25. The number of benzene rings is 1. The van der Waals surface area contributed by atoms with Gasteiger partial charge in [0, 0.05) is 0 Å². The van der Waals surface area contributed by atoms with Crippen molar-refractivity contribution >= 4 is 17.6 Å². The number of hydrogen-bond donors (Lipinski definition) is 1. The number of aliphatic hydroxyl groups excluding tert-OH is 1. The number of hydrogen-bond acceptors (Lipinski definition) is 3. The van der Waals surface area contributed by atoms with Gasteiger partial charge in [-0.1, -0.05) is 24.6 Å². The SMILES string of the molecule is COC(=O)C(C)CC(O)c1ccc(F)c(Cl)c1. The Kier molecular flexibility index (Phi) is 4.90. The molecular weight excluding hydrogens is 247 g/mol. The summed E-state index contributed by atoms with van der Waals surface area (Å²) >= 11 is 5.61. The van der Waals surface area contributed by atoms with E-state index in [1.54, 1.807) is 6.92 Å². The third-order valence-electron chi connectivity index (χ3n) is 2.51. The summed E-state index contributed by atoms with van der Waals surface area (Å²) in [6.45, 7) is 1.65. The Morgan fingerprint density at radius 1 is 1.59 bits per heavy atom. The van der Waals surface area contributed by atoms with Crippen LogP contribution in [0.3, 0.4) is 0 Å². The maximum absolute atomic E-state index is 12.9. The van der Waals surface area contributed by atoms with Crippen LogP contribution in [-0.2, 0) is 9.53 Å². The van der Waals surface area contributed by atoms with Crippen LogP contribution in [0.2, 0.25) is 5.02 Å². The molecule has 17 heavy (non-hydrogen) atoms. The van der Waals surface area contributed by atoms with Gasteiger partial charge in [-0.05, 0) is 24.1 Å². The number of methoxy groups -OCH3 is 1. The van der Waals surface area contributed by atoms with Gasteiger partial charge in [0.2, 0.25) is 0 Å². The molecule has 0 bridgehead atoms. The van der Waals surface area contributed by atoms with E-state index in [1.165, 1.54) is 25.3 Å². The minimum Gasteiger partial charge on any atom is -0.469 e. The Bertz CT molecular complexity index is 409. The van der Waals surface area contributed by atoms with E-state index in [0.29, 0.717) is 5.56 Å². The molecule has 2 unspecified atom stereocenters. The largest absolute Gasteiger partial charge is 0.469 e. The first-order valence-corrected chi connectivity index (χ1v) is 5.54. The molecule has 0 aliphatic carbocycles. The topological polar surface area (TPSA) is 46.5 Å². The maximum atomic E-state index is 12.9. The van der Waals surface area contributed by atoms with Crippen LogP contribution in [0.5, 0.6) is 0 Å². The first-order chi connectivity index (χ1) is 7.95. The van der Waals surface area contributed by atoms with Crippen molar-refractivity contribution < 1.29 is 19.0 Å². The van der Waals surface area contributed by atoms with Crippen molar-refractivity contribution in [1.82, 2.24) is 0 Å². The van der Waals surface area contributed by atoms with Crippen LogP contribution >= 0.6 is 11.6 Å². The van der Waals surface area contributed by atoms with Gasteiger partial charge < -0.3 is 9.84 Å². The molecule has 5 heteroatoms. The van der Waals surface area contributed by atoms with Crippen LogP contribution in [0.4, 0.5) is 4.39 Å². The monoisotopic (exact) mass is 260 g/mol. The van der Waals surface area contributed by atoms with Gasteiger partial charge in [-0.25, -0.2) is 4.39 Å². The molecule has 0 saturated heterocycles. The number of carbonyl (C=O) groups excluding carboxylic acids is 1. The van der Waals surface area contributed by atoms with E-state index in [0.717, 1.165) is 0 Å².